The Labute approximate surface area is 105 Å². The number of phenols is 1. The van der Waals surface area contributed by atoms with Crippen molar-refractivity contribution >= 4 is 0 Å². The molecule has 1 aliphatic carbocycles. The van der Waals surface area contributed by atoms with Gasteiger partial charge in [0.25, 0.3) is 0 Å². The topological polar surface area (TPSA) is 20.2 Å². The van der Waals surface area contributed by atoms with Crippen LogP contribution in [0.2, 0.25) is 0 Å². The predicted molar refractivity (Wildman–Crippen MR) is 72.2 cm³/mol. The molecule has 0 aromatic heterocycles. The van der Waals surface area contributed by atoms with Crippen LogP contribution in [0.5, 0.6) is 5.75 Å². The van der Waals surface area contributed by atoms with Crippen LogP contribution in [0.1, 0.15) is 64.0 Å². The van der Waals surface area contributed by atoms with Gasteiger partial charge in [0.15, 0.2) is 0 Å². The molecule has 1 aromatic carbocycles. The first-order valence-corrected chi connectivity index (χ1v) is 6.67. The minimum atomic E-state index is 0.00925. The first-order valence-electron chi connectivity index (χ1n) is 6.67. The number of benzene rings is 1. The Morgan fingerprint density at radius 2 is 1.65 bits per heavy atom. The van der Waals surface area contributed by atoms with Gasteiger partial charge in [-0.15, -0.1) is 0 Å². The molecule has 0 amide bonds. The normalized spacial score (nSPS) is 18.3. The van der Waals surface area contributed by atoms with Crippen LogP contribution in [0.3, 0.4) is 0 Å². The molecule has 1 aliphatic rings. The Morgan fingerprint density at radius 1 is 1.00 bits per heavy atom. The molecule has 1 heteroatoms. The molecule has 1 aromatic rings. The van der Waals surface area contributed by atoms with Gasteiger partial charge in [-0.1, -0.05) is 52.2 Å². The highest BCUT2D eigenvalue weighted by Gasteiger charge is 2.22. The molecule has 1 radical (unpaired) electrons. The van der Waals surface area contributed by atoms with Gasteiger partial charge in [0, 0.05) is 5.92 Å². The maximum atomic E-state index is 9.96. The van der Waals surface area contributed by atoms with Gasteiger partial charge in [0.1, 0.15) is 5.75 Å². The Kier molecular flexibility index (Phi) is 3.46. The summed E-state index contributed by atoms with van der Waals surface area (Å²) in [6.07, 6.45) is 6.47. The molecule has 1 N–H and O–H groups in total. The van der Waals surface area contributed by atoms with E-state index in [1.807, 2.05) is 6.07 Å². The Morgan fingerprint density at radius 3 is 2.24 bits per heavy atom. The van der Waals surface area contributed by atoms with E-state index in [2.05, 4.69) is 32.9 Å². The van der Waals surface area contributed by atoms with E-state index < -0.39 is 0 Å². The van der Waals surface area contributed by atoms with Crippen molar-refractivity contribution in [1.82, 2.24) is 0 Å². The second-order valence-corrected chi connectivity index (χ2v) is 6.15. The van der Waals surface area contributed by atoms with Crippen molar-refractivity contribution in [2.45, 2.75) is 58.3 Å². The van der Waals surface area contributed by atoms with Crippen molar-refractivity contribution in [2.24, 2.45) is 0 Å². The summed E-state index contributed by atoms with van der Waals surface area (Å²) >= 11 is 0. The Hall–Kier alpha value is -0.980. The summed E-state index contributed by atoms with van der Waals surface area (Å²) < 4.78 is 0. The van der Waals surface area contributed by atoms with E-state index in [0.717, 1.165) is 5.56 Å². The van der Waals surface area contributed by atoms with Crippen molar-refractivity contribution in [3.8, 4) is 5.75 Å². The lowest BCUT2D eigenvalue weighted by atomic mass is 9.80. The maximum absolute atomic E-state index is 9.96. The fourth-order valence-electron chi connectivity index (χ4n) is 2.62. The number of aromatic hydroxyl groups is 1. The van der Waals surface area contributed by atoms with E-state index in [-0.39, 0.29) is 5.41 Å². The summed E-state index contributed by atoms with van der Waals surface area (Å²) in [6, 6.07) is 6.12. The van der Waals surface area contributed by atoms with Gasteiger partial charge in [0.2, 0.25) is 0 Å². The molecule has 0 unspecified atom stereocenters. The fraction of sp³-hybridized carbons (Fsp3) is 0.562. The lowest BCUT2D eigenvalue weighted by Crippen LogP contribution is -2.13. The van der Waals surface area contributed by atoms with Crippen molar-refractivity contribution < 1.29 is 5.11 Å². The molecule has 93 valence electrons. The van der Waals surface area contributed by atoms with Crippen LogP contribution in [-0.2, 0) is 5.41 Å². The zero-order valence-corrected chi connectivity index (χ0v) is 11.2. The van der Waals surface area contributed by atoms with Crippen molar-refractivity contribution in [3.05, 3.63) is 35.2 Å². The van der Waals surface area contributed by atoms with E-state index >= 15 is 0 Å². The van der Waals surface area contributed by atoms with Gasteiger partial charge in [-0.05, 0) is 35.4 Å². The van der Waals surface area contributed by atoms with Crippen LogP contribution in [0.15, 0.2) is 18.2 Å². The molecular weight excluding hydrogens is 208 g/mol. The quantitative estimate of drug-likeness (QED) is 0.750. The molecule has 1 fully saturated rings. The van der Waals surface area contributed by atoms with E-state index in [9.17, 15) is 5.11 Å². The van der Waals surface area contributed by atoms with Gasteiger partial charge in [-0.25, -0.2) is 0 Å². The molecule has 0 spiro atoms. The van der Waals surface area contributed by atoms with E-state index in [1.54, 1.807) is 5.92 Å². The Bertz CT molecular complexity index is 381. The zero-order chi connectivity index (χ0) is 12.5. The first kappa shape index (κ1) is 12.5. The lowest BCUT2D eigenvalue weighted by Gasteiger charge is -2.25. The summed E-state index contributed by atoms with van der Waals surface area (Å²) in [5, 5.41) is 9.96. The van der Waals surface area contributed by atoms with Crippen LogP contribution in [0.25, 0.3) is 0 Å². The molecule has 1 nitrogen and oxygen atoms in total. The van der Waals surface area contributed by atoms with E-state index in [0.29, 0.717) is 5.75 Å². The summed E-state index contributed by atoms with van der Waals surface area (Å²) in [4.78, 5) is 0. The number of hydrogen-bond donors (Lipinski definition) is 1. The van der Waals surface area contributed by atoms with Crippen LogP contribution >= 0.6 is 0 Å². The van der Waals surface area contributed by atoms with Crippen LogP contribution in [0.4, 0.5) is 0 Å². The van der Waals surface area contributed by atoms with Crippen molar-refractivity contribution in [3.63, 3.8) is 0 Å². The van der Waals surface area contributed by atoms with Gasteiger partial charge >= 0.3 is 0 Å². The van der Waals surface area contributed by atoms with E-state index in [4.69, 9.17) is 0 Å². The largest absolute Gasteiger partial charge is 0.508 e. The SMILES string of the molecule is CC(C)(C)c1cc([C]2CCCCC2)ccc1O. The molecule has 0 bridgehead atoms. The molecule has 0 saturated heterocycles. The monoisotopic (exact) mass is 231 g/mol. The second-order valence-electron chi connectivity index (χ2n) is 6.15. The highest BCUT2D eigenvalue weighted by molar-refractivity contribution is 5.45. The van der Waals surface area contributed by atoms with Crippen LogP contribution in [0, 0.1) is 5.92 Å². The molecular formula is C16H23O. The first-order chi connectivity index (χ1) is 7.98. The highest BCUT2D eigenvalue weighted by atomic mass is 16.3. The number of hydrogen-bond acceptors (Lipinski definition) is 1. The molecule has 0 aliphatic heterocycles. The van der Waals surface area contributed by atoms with Crippen molar-refractivity contribution in [2.75, 3.05) is 0 Å². The zero-order valence-electron chi connectivity index (χ0n) is 11.2. The third kappa shape index (κ3) is 2.83. The number of phenolic OH excluding ortho intramolecular Hbond substituents is 1. The fourth-order valence-corrected chi connectivity index (χ4v) is 2.62. The minimum Gasteiger partial charge on any atom is -0.508 e. The minimum absolute atomic E-state index is 0.00925. The lowest BCUT2D eigenvalue weighted by molar-refractivity contribution is 0.446. The van der Waals surface area contributed by atoms with E-state index in [1.165, 1.54) is 37.7 Å². The molecule has 0 heterocycles. The predicted octanol–water partition coefficient (Wildman–Crippen LogP) is 4.58. The summed E-state index contributed by atoms with van der Waals surface area (Å²) in [6.45, 7) is 6.45. The smallest absolute Gasteiger partial charge is 0.119 e. The molecule has 1 saturated carbocycles. The van der Waals surface area contributed by atoms with Gasteiger partial charge in [-0.3, -0.25) is 0 Å². The molecule has 0 atom stereocenters. The second kappa shape index (κ2) is 4.72. The standard InChI is InChI=1S/C16H23O/c1-16(2,3)14-11-13(9-10-15(14)17)12-7-5-4-6-8-12/h9-11,17H,4-8H2,1-3H3. The molecule has 17 heavy (non-hydrogen) atoms. The van der Waals surface area contributed by atoms with Gasteiger partial charge in [-0.2, -0.15) is 0 Å². The van der Waals surface area contributed by atoms with Gasteiger partial charge < -0.3 is 5.11 Å². The Balaban J connectivity index is 2.30. The average molecular weight is 231 g/mol. The summed E-state index contributed by atoms with van der Waals surface area (Å²) in [5.41, 5.74) is 2.41. The van der Waals surface area contributed by atoms with Crippen molar-refractivity contribution in [1.29, 1.82) is 0 Å². The summed E-state index contributed by atoms with van der Waals surface area (Å²) in [5.74, 6) is 2.00. The number of rotatable bonds is 1. The highest BCUT2D eigenvalue weighted by Crippen LogP contribution is 2.37. The van der Waals surface area contributed by atoms with Crippen LogP contribution in [-0.4, -0.2) is 5.11 Å². The van der Waals surface area contributed by atoms with Gasteiger partial charge in [0.05, 0.1) is 0 Å². The third-order valence-electron chi connectivity index (χ3n) is 3.67. The molecule has 2 rings (SSSR count). The third-order valence-corrected chi connectivity index (χ3v) is 3.67. The van der Waals surface area contributed by atoms with Crippen LogP contribution < -0.4 is 0 Å². The summed E-state index contributed by atoms with van der Waals surface area (Å²) in [7, 11) is 0. The average Bonchev–Trinajstić information content (AvgIpc) is 2.29. The maximum Gasteiger partial charge on any atom is 0.119 e.